The summed E-state index contributed by atoms with van der Waals surface area (Å²) in [6.07, 6.45) is 0. The van der Waals surface area contributed by atoms with E-state index in [1.165, 1.54) is 17.5 Å². The molecule has 2 aromatic rings. The summed E-state index contributed by atoms with van der Waals surface area (Å²) in [5, 5.41) is 19.7. The van der Waals surface area contributed by atoms with E-state index in [2.05, 4.69) is 0 Å². The number of nitrogen functional groups attached to an aromatic ring is 1. The fourth-order valence-electron chi connectivity index (χ4n) is 1.35. The second-order valence-electron chi connectivity index (χ2n) is 2.94. The van der Waals surface area contributed by atoms with E-state index in [4.69, 9.17) is 15.8 Å². The van der Waals surface area contributed by atoms with E-state index in [-0.39, 0.29) is 11.3 Å². The Morgan fingerprint density at radius 3 is 2.71 bits per heavy atom. The van der Waals surface area contributed by atoms with E-state index in [1.54, 1.807) is 0 Å². The number of nitrogens with two attached hydrogens (primary N) is 1. The first-order valence-corrected chi connectivity index (χ1v) is 4.80. The van der Waals surface area contributed by atoms with Gasteiger partial charge in [0.25, 0.3) is 0 Å². The lowest BCUT2D eigenvalue weighted by Crippen LogP contribution is -2.30. The Morgan fingerprint density at radius 1 is 1.36 bits per heavy atom. The Labute approximate surface area is 83.7 Å². The molecule has 14 heavy (non-hydrogen) atoms. The molecule has 4 N–H and O–H groups in total. The zero-order valence-corrected chi connectivity index (χ0v) is 7.88. The summed E-state index contributed by atoms with van der Waals surface area (Å²) in [5.41, 5.74) is 6.07. The van der Waals surface area contributed by atoms with Crippen LogP contribution in [0.15, 0.2) is 17.5 Å². The molecule has 0 aliphatic rings. The lowest BCUT2D eigenvalue weighted by atomic mass is 9.79. The van der Waals surface area contributed by atoms with E-state index in [1.807, 2.05) is 0 Å². The predicted octanol–water partition coefficient (Wildman–Crippen LogP) is 0.302. The SMILES string of the molecule is Nc1cc(B(O)O)c2scc(F)c2c1. The lowest BCUT2D eigenvalue weighted by molar-refractivity contribution is 0.426. The number of hydrogen-bond donors (Lipinski definition) is 3. The number of rotatable bonds is 1. The van der Waals surface area contributed by atoms with Gasteiger partial charge in [-0.05, 0) is 12.1 Å². The maximum atomic E-state index is 13.2. The molecule has 0 atom stereocenters. The topological polar surface area (TPSA) is 66.5 Å². The number of fused-ring (bicyclic) bond motifs is 1. The van der Waals surface area contributed by atoms with Crippen LogP contribution in [0, 0.1) is 5.82 Å². The monoisotopic (exact) mass is 211 g/mol. The van der Waals surface area contributed by atoms with E-state index < -0.39 is 7.12 Å². The molecule has 1 aromatic carbocycles. The van der Waals surface area contributed by atoms with E-state index in [9.17, 15) is 4.39 Å². The van der Waals surface area contributed by atoms with Crippen LogP contribution < -0.4 is 11.2 Å². The van der Waals surface area contributed by atoms with Gasteiger partial charge in [-0.1, -0.05) is 0 Å². The Bertz CT molecular complexity index is 485. The van der Waals surface area contributed by atoms with Crippen LogP contribution in [0.4, 0.5) is 10.1 Å². The molecule has 0 unspecified atom stereocenters. The maximum Gasteiger partial charge on any atom is 0.489 e. The van der Waals surface area contributed by atoms with Crippen LogP contribution in [-0.2, 0) is 0 Å². The van der Waals surface area contributed by atoms with Gasteiger partial charge in [0.15, 0.2) is 0 Å². The van der Waals surface area contributed by atoms with Crippen LogP contribution in [0.5, 0.6) is 0 Å². The molecule has 0 radical (unpaired) electrons. The minimum absolute atomic E-state index is 0.244. The van der Waals surface area contributed by atoms with Crippen molar-refractivity contribution in [2.24, 2.45) is 0 Å². The van der Waals surface area contributed by atoms with Crippen molar-refractivity contribution < 1.29 is 14.4 Å². The summed E-state index contributed by atoms with van der Waals surface area (Å²) >= 11 is 1.13. The Morgan fingerprint density at radius 2 is 2.07 bits per heavy atom. The molecule has 1 aromatic heterocycles. The highest BCUT2D eigenvalue weighted by molar-refractivity contribution is 7.18. The molecular formula is C8H7BFNO2S. The molecule has 2 rings (SSSR count). The Balaban J connectivity index is 2.82. The third kappa shape index (κ3) is 1.37. The van der Waals surface area contributed by atoms with Gasteiger partial charge in [0.1, 0.15) is 5.82 Å². The molecule has 0 aliphatic carbocycles. The number of halogens is 1. The number of thiophene rings is 1. The molecule has 0 aliphatic heterocycles. The minimum atomic E-state index is -1.63. The van der Waals surface area contributed by atoms with Crippen molar-refractivity contribution in [3.8, 4) is 0 Å². The molecule has 72 valence electrons. The molecular weight excluding hydrogens is 204 g/mol. The van der Waals surface area contributed by atoms with E-state index in [0.29, 0.717) is 15.8 Å². The largest absolute Gasteiger partial charge is 0.489 e. The van der Waals surface area contributed by atoms with Gasteiger partial charge in [0.2, 0.25) is 0 Å². The molecule has 6 heteroatoms. The van der Waals surface area contributed by atoms with Crippen molar-refractivity contribution in [1.29, 1.82) is 0 Å². The molecule has 1 heterocycles. The zero-order valence-electron chi connectivity index (χ0n) is 7.07. The highest BCUT2D eigenvalue weighted by atomic mass is 32.1. The van der Waals surface area contributed by atoms with Crippen molar-refractivity contribution in [3.05, 3.63) is 23.3 Å². The van der Waals surface area contributed by atoms with Crippen LogP contribution in [0.1, 0.15) is 0 Å². The van der Waals surface area contributed by atoms with Crippen molar-refractivity contribution in [1.82, 2.24) is 0 Å². The van der Waals surface area contributed by atoms with Crippen LogP contribution in [0.25, 0.3) is 10.1 Å². The van der Waals surface area contributed by atoms with E-state index >= 15 is 0 Å². The van der Waals surface area contributed by atoms with Crippen molar-refractivity contribution in [2.75, 3.05) is 5.73 Å². The maximum absolute atomic E-state index is 13.2. The molecule has 0 amide bonds. The van der Waals surface area contributed by atoms with Crippen LogP contribution in [-0.4, -0.2) is 17.2 Å². The Kier molecular flexibility index (Phi) is 2.18. The summed E-state index contributed by atoms with van der Waals surface area (Å²) in [5.74, 6) is -0.390. The van der Waals surface area contributed by atoms with Gasteiger partial charge in [-0.25, -0.2) is 4.39 Å². The fraction of sp³-hybridized carbons (Fsp3) is 0. The number of hydrogen-bond acceptors (Lipinski definition) is 4. The molecule has 3 nitrogen and oxygen atoms in total. The molecule has 0 saturated heterocycles. The smallest absolute Gasteiger partial charge is 0.423 e. The van der Waals surface area contributed by atoms with Crippen molar-refractivity contribution >= 4 is 39.7 Å². The van der Waals surface area contributed by atoms with Gasteiger partial charge in [0, 0.05) is 26.6 Å². The third-order valence-corrected chi connectivity index (χ3v) is 2.97. The minimum Gasteiger partial charge on any atom is -0.423 e. The average Bonchev–Trinajstić information content (AvgIpc) is 2.47. The summed E-state index contributed by atoms with van der Waals surface area (Å²) in [6.45, 7) is 0. The summed E-state index contributed by atoms with van der Waals surface area (Å²) in [6, 6.07) is 2.91. The zero-order chi connectivity index (χ0) is 10.3. The van der Waals surface area contributed by atoms with E-state index in [0.717, 1.165) is 11.3 Å². The van der Waals surface area contributed by atoms with Gasteiger partial charge in [-0.3, -0.25) is 0 Å². The second kappa shape index (κ2) is 3.23. The number of anilines is 1. The summed E-state index contributed by atoms with van der Waals surface area (Å²) in [7, 11) is -1.63. The average molecular weight is 211 g/mol. The summed E-state index contributed by atoms with van der Waals surface area (Å²) in [4.78, 5) is 0. The molecule has 0 saturated carbocycles. The van der Waals surface area contributed by atoms with Crippen molar-refractivity contribution in [2.45, 2.75) is 0 Å². The molecule has 0 fully saturated rings. The van der Waals surface area contributed by atoms with Gasteiger partial charge in [0.05, 0.1) is 0 Å². The van der Waals surface area contributed by atoms with Crippen LogP contribution in [0.2, 0.25) is 0 Å². The quantitative estimate of drug-likeness (QED) is 0.469. The van der Waals surface area contributed by atoms with Gasteiger partial charge in [-0.2, -0.15) is 0 Å². The van der Waals surface area contributed by atoms with Crippen LogP contribution in [0.3, 0.4) is 0 Å². The van der Waals surface area contributed by atoms with Crippen LogP contribution >= 0.6 is 11.3 Å². The molecule has 0 spiro atoms. The van der Waals surface area contributed by atoms with Crippen molar-refractivity contribution in [3.63, 3.8) is 0 Å². The first-order valence-electron chi connectivity index (χ1n) is 3.92. The first-order chi connectivity index (χ1) is 6.59. The van der Waals surface area contributed by atoms with Gasteiger partial charge >= 0.3 is 7.12 Å². The normalized spacial score (nSPS) is 10.8. The van der Waals surface area contributed by atoms with Gasteiger partial charge < -0.3 is 15.8 Å². The fourth-order valence-corrected chi connectivity index (χ4v) is 2.28. The highest BCUT2D eigenvalue weighted by Crippen LogP contribution is 2.25. The standard InChI is InChI=1S/C8H7BFNO2S/c10-7-3-14-8-5(7)1-4(11)2-6(8)9(12)13/h1-3,12-13H,11H2. The van der Waals surface area contributed by atoms with Gasteiger partial charge in [-0.15, -0.1) is 11.3 Å². The Hall–Kier alpha value is -1.11. The molecule has 0 bridgehead atoms. The number of benzene rings is 1. The lowest BCUT2D eigenvalue weighted by Gasteiger charge is -2.02. The second-order valence-corrected chi connectivity index (χ2v) is 3.82. The first kappa shape index (κ1) is 9.45. The third-order valence-electron chi connectivity index (χ3n) is 1.96. The summed E-state index contributed by atoms with van der Waals surface area (Å²) < 4.78 is 13.7. The highest BCUT2D eigenvalue weighted by Gasteiger charge is 2.18. The predicted molar refractivity (Wildman–Crippen MR) is 56.0 cm³/mol.